The Hall–Kier alpha value is -1.36. The van der Waals surface area contributed by atoms with E-state index in [9.17, 15) is 4.79 Å². The highest BCUT2D eigenvalue weighted by Crippen LogP contribution is 2.02. The number of H-pyrrole nitrogens is 1. The van der Waals surface area contributed by atoms with Crippen LogP contribution in [0.15, 0.2) is 10.9 Å². The molecule has 1 rings (SSSR count). The third-order valence-corrected chi connectivity index (χ3v) is 1.84. The fourth-order valence-electron chi connectivity index (χ4n) is 1.11. The third kappa shape index (κ3) is 4.12. The number of hydrogen-bond acceptors (Lipinski definition) is 4. The summed E-state index contributed by atoms with van der Waals surface area (Å²) < 4.78 is 10.2. The quantitative estimate of drug-likeness (QED) is 0.707. The summed E-state index contributed by atoms with van der Waals surface area (Å²) in [4.78, 5) is 17.9. The Balaban J connectivity index is 2.53. The van der Waals surface area contributed by atoms with Gasteiger partial charge in [0.25, 0.3) is 5.56 Å². The summed E-state index contributed by atoms with van der Waals surface area (Å²) in [6.07, 6.45) is 1.47. The van der Waals surface area contributed by atoms with Crippen molar-refractivity contribution in [3.63, 3.8) is 0 Å². The van der Waals surface area contributed by atoms with Gasteiger partial charge in [0.15, 0.2) is 0 Å². The van der Waals surface area contributed by atoms with Gasteiger partial charge in [-0.25, -0.2) is 4.98 Å². The zero-order valence-electron chi connectivity index (χ0n) is 9.08. The van der Waals surface area contributed by atoms with Crippen LogP contribution in [-0.2, 0) is 11.2 Å². The van der Waals surface area contributed by atoms with E-state index < -0.39 is 0 Å². The Labute approximate surface area is 88.4 Å². The highest BCUT2D eigenvalue weighted by molar-refractivity contribution is 5.08. The number of hydrogen-bond donors (Lipinski definition) is 1. The van der Waals surface area contributed by atoms with Crippen LogP contribution < -0.4 is 10.3 Å². The molecule has 0 aliphatic heterocycles. The number of rotatable bonds is 6. The van der Waals surface area contributed by atoms with Crippen molar-refractivity contribution in [1.82, 2.24) is 9.97 Å². The first-order chi connectivity index (χ1) is 7.26. The van der Waals surface area contributed by atoms with E-state index in [0.29, 0.717) is 31.3 Å². The average Bonchev–Trinajstić information content (AvgIpc) is 2.23. The fourth-order valence-corrected chi connectivity index (χ4v) is 1.11. The van der Waals surface area contributed by atoms with Crippen LogP contribution in [0.4, 0.5) is 0 Å². The molecule has 0 unspecified atom stereocenters. The number of nitrogens with one attached hydrogen (secondary N) is 1. The van der Waals surface area contributed by atoms with Crippen molar-refractivity contribution in [3.05, 3.63) is 22.2 Å². The van der Waals surface area contributed by atoms with Gasteiger partial charge in [0.2, 0.25) is 5.88 Å². The summed E-state index contributed by atoms with van der Waals surface area (Å²) in [7, 11) is 1.64. The zero-order valence-corrected chi connectivity index (χ0v) is 9.08. The molecule has 0 aliphatic carbocycles. The van der Waals surface area contributed by atoms with Gasteiger partial charge in [0.05, 0.1) is 12.7 Å². The molecule has 5 heteroatoms. The predicted molar refractivity (Wildman–Crippen MR) is 56.2 cm³/mol. The van der Waals surface area contributed by atoms with E-state index in [1.165, 1.54) is 6.07 Å². The Bertz CT molecular complexity index is 349. The van der Waals surface area contributed by atoms with Crippen LogP contribution >= 0.6 is 0 Å². The standard InChI is InChI=1S/C10H16N2O3/c1-3-8-11-9(13)7-10(12-8)15-6-4-5-14-2/h7H,3-6H2,1-2H3,(H,11,12,13). The molecule has 0 saturated carbocycles. The second-order valence-electron chi connectivity index (χ2n) is 3.08. The van der Waals surface area contributed by atoms with Crippen molar-refractivity contribution < 1.29 is 9.47 Å². The zero-order chi connectivity index (χ0) is 11.1. The second kappa shape index (κ2) is 6.19. The van der Waals surface area contributed by atoms with Crippen molar-refractivity contribution in [1.29, 1.82) is 0 Å². The largest absolute Gasteiger partial charge is 0.477 e. The first-order valence-electron chi connectivity index (χ1n) is 4.98. The molecule has 0 amide bonds. The number of nitrogens with zero attached hydrogens (tertiary/aromatic N) is 1. The summed E-state index contributed by atoms with van der Waals surface area (Å²) in [5.74, 6) is 1.02. The number of ether oxygens (including phenoxy) is 2. The summed E-state index contributed by atoms with van der Waals surface area (Å²) in [6, 6.07) is 1.35. The summed E-state index contributed by atoms with van der Waals surface area (Å²) in [5.41, 5.74) is -0.177. The van der Waals surface area contributed by atoms with Crippen molar-refractivity contribution in [2.24, 2.45) is 0 Å². The molecule has 1 N–H and O–H groups in total. The minimum Gasteiger partial charge on any atom is -0.477 e. The lowest BCUT2D eigenvalue weighted by molar-refractivity contribution is 0.170. The van der Waals surface area contributed by atoms with Gasteiger partial charge in [-0.3, -0.25) is 4.79 Å². The molecular weight excluding hydrogens is 196 g/mol. The smallest absolute Gasteiger partial charge is 0.254 e. The third-order valence-electron chi connectivity index (χ3n) is 1.84. The Morgan fingerprint density at radius 3 is 2.93 bits per heavy atom. The molecule has 0 fully saturated rings. The number of methoxy groups -OCH3 is 1. The molecule has 1 aromatic rings. The van der Waals surface area contributed by atoms with Crippen LogP contribution in [-0.4, -0.2) is 30.3 Å². The van der Waals surface area contributed by atoms with E-state index in [2.05, 4.69) is 9.97 Å². The summed E-state index contributed by atoms with van der Waals surface area (Å²) >= 11 is 0. The molecule has 15 heavy (non-hydrogen) atoms. The van der Waals surface area contributed by atoms with E-state index in [4.69, 9.17) is 9.47 Å². The molecular formula is C10H16N2O3. The van der Waals surface area contributed by atoms with Crippen molar-refractivity contribution in [2.45, 2.75) is 19.8 Å². The molecule has 0 spiro atoms. The second-order valence-corrected chi connectivity index (χ2v) is 3.08. The van der Waals surface area contributed by atoms with E-state index >= 15 is 0 Å². The number of aromatic amines is 1. The Kier molecular flexibility index (Phi) is 4.83. The summed E-state index contributed by atoms with van der Waals surface area (Å²) in [5, 5.41) is 0. The van der Waals surface area contributed by atoms with Crippen molar-refractivity contribution >= 4 is 0 Å². The maximum Gasteiger partial charge on any atom is 0.254 e. The first kappa shape index (κ1) is 11.7. The minimum atomic E-state index is -0.177. The lowest BCUT2D eigenvalue weighted by Gasteiger charge is -2.05. The van der Waals surface area contributed by atoms with E-state index in [-0.39, 0.29) is 5.56 Å². The maximum absolute atomic E-state index is 11.2. The Morgan fingerprint density at radius 2 is 2.27 bits per heavy atom. The molecule has 0 bridgehead atoms. The molecule has 84 valence electrons. The Morgan fingerprint density at radius 1 is 1.47 bits per heavy atom. The monoisotopic (exact) mass is 212 g/mol. The molecule has 1 heterocycles. The molecule has 0 atom stereocenters. The van der Waals surface area contributed by atoms with Gasteiger partial charge in [-0.2, -0.15) is 0 Å². The van der Waals surface area contributed by atoms with Gasteiger partial charge in [-0.15, -0.1) is 0 Å². The van der Waals surface area contributed by atoms with E-state index in [1.807, 2.05) is 6.92 Å². The predicted octanol–water partition coefficient (Wildman–Crippen LogP) is 0.748. The molecule has 1 aromatic heterocycles. The van der Waals surface area contributed by atoms with E-state index in [1.54, 1.807) is 7.11 Å². The van der Waals surface area contributed by atoms with E-state index in [0.717, 1.165) is 6.42 Å². The van der Waals surface area contributed by atoms with Crippen LogP contribution in [0.2, 0.25) is 0 Å². The van der Waals surface area contributed by atoms with Gasteiger partial charge in [0, 0.05) is 26.6 Å². The van der Waals surface area contributed by atoms with Crippen molar-refractivity contribution in [3.8, 4) is 5.88 Å². The van der Waals surface area contributed by atoms with Gasteiger partial charge < -0.3 is 14.5 Å². The molecule has 5 nitrogen and oxygen atoms in total. The average molecular weight is 212 g/mol. The molecule has 0 aromatic carbocycles. The number of aromatic nitrogens is 2. The van der Waals surface area contributed by atoms with Crippen LogP contribution in [0.1, 0.15) is 19.2 Å². The minimum absolute atomic E-state index is 0.177. The van der Waals surface area contributed by atoms with Crippen molar-refractivity contribution in [2.75, 3.05) is 20.3 Å². The molecule has 0 radical (unpaired) electrons. The normalized spacial score (nSPS) is 10.3. The highest BCUT2D eigenvalue weighted by Gasteiger charge is 2.00. The molecule has 0 saturated heterocycles. The lowest BCUT2D eigenvalue weighted by Crippen LogP contribution is -2.12. The highest BCUT2D eigenvalue weighted by atomic mass is 16.5. The SMILES string of the molecule is CCc1nc(OCCCOC)cc(=O)[nH]1. The van der Waals surface area contributed by atoms with Gasteiger partial charge in [-0.1, -0.05) is 6.92 Å². The molecule has 0 aliphatic rings. The summed E-state index contributed by atoms with van der Waals surface area (Å²) in [6.45, 7) is 3.07. The van der Waals surface area contributed by atoms with Gasteiger partial charge >= 0.3 is 0 Å². The topological polar surface area (TPSA) is 64.2 Å². The van der Waals surface area contributed by atoms with Gasteiger partial charge in [0.1, 0.15) is 5.82 Å². The van der Waals surface area contributed by atoms with Crippen LogP contribution in [0, 0.1) is 0 Å². The fraction of sp³-hybridized carbons (Fsp3) is 0.600. The maximum atomic E-state index is 11.2. The number of aryl methyl sites for hydroxylation is 1. The lowest BCUT2D eigenvalue weighted by atomic mass is 10.4. The van der Waals surface area contributed by atoms with Crippen LogP contribution in [0.25, 0.3) is 0 Å². The van der Waals surface area contributed by atoms with Crippen LogP contribution in [0.5, 0.6) is 5.88 Å². The first-order valence-corrected chi connectivity index (χ1v) is 4.98. The van der Waals surface area contributed by atoms with Gasteiger partial charge in [-0.05, 0) is 0 Å². The van der Waals surface area contributed by atoms with Crippen LogP contribution in [0.3, 0.4) is 0 Å².